The molecule has 0 saturated heterocycles. The fourth-order valence-electron chi connectivity index (χ4n) is 2.56. The molecule has 16 heavy (non-hydrogen) atoms. The van der Waals surface area contributed by atoms with Crippen molar-refractivity contribution in [1.82, 2.24) is 0 Å². The van der Waals surface area contributed by atoms with Gasteiger partial charge < -0.3 is 10.5 Å². The molecule has 0 radical (unpaired) electrons. The van der Waals surface area contributed by atoms with E-state index in [0.29, 0.717) is 6.54 Å². The van der Waals surface area contributed by atoms with Crippen molar-refractivity contribution >= 4 is 11.6 Å². The lowest BCUT2D eigenvalue weighted by atomic mass is 9.86. The van der Waals surface area contributed by atoms with Gasteiger partial charge in [0.1, 0.15) is 5.75 Å². The maximum absolute atomic E-state index is 6.24. The average molecular weight is 240 g/mol. The number of aryl methyl sites for hydroxylation is 1. The third kappa shape index (κ3) is 2.04. The Labute approximate surface area is 102 Å². The second-order valence-electron chi connectivity index (χ2n) is 4.25. The third-order valence-electron chi connectivity index (χ3n) is 3.27. The summed E-state index contributed by atoms with van der Waals surface area (Å²) in [5.41, 5.74) is 9.72. The molecule has 2 nitrogen and oxygen atoms in total. The SMILES string of the molecule is COc1c(Cl)cc2c(c1CCN)CCCC2. The van der Waals surface area contributed by atoms with E-state index in [1.165, 1.54) is 29.5 Å². The summed E-state index contributed by atoms with van der Waals surface area (Å²) in [4.78, 5) is 0. The van der Waals surface area contributed by atoms with E-state index in [2.05, 4.69) is 6.07 Å². The van der Waals surface area contributed by atoms with Gasteiger partial charge in [-0.05, 0) is 55.8 Å². The summed E-state index contributed by atoms with van der Waals surface area (Å²) in [6.45, 7) is 0.642. The molecule has 0 aromatic heterocycles. The van der Waals surface area contributed by atoms with Crippen LogP contribution in [0.15, 0.2) is 6.07 Å². The van der Waals surface area contributed by atoms with Crippen LogP contribution in [0, 0.1) is 0 Å². The Morgan fingerprint density at radius 1 is 1.38 bits per heavy atom. The molecule has 1 aliphatic carbocycles. The van der Waals surface area contributed by atoms with E-state index >= 15 is 0 Å². The van der Waals surface area contributed by atoms with Crippen molar-refractivity contribution in [3.8, 4) is 5.75 Å². The minimum Gasteiger partial charge on any atom is -0.495 e. The van der Waals surface area contributed by atoms with E-state index in [-0.39, 0.29) is 0 Å². The van der Waals surface area contributed by atoms with Crippen LogP contribution in [0.25, 0.3) is 0 Å². The summed E-state index contributed by atoms with van der Waals surface area (Å²) in [6.07, 6.45) is 5.65. The topological polar surface area (TPSA) is 35.2 Å². The zero-order valence-corrected chi connectivity index (χ0v) is 10.4. The highest BCUT2D eigenvalue weighted by atomic mass is 35.5. The van der Waals surface area contributed by atoms with Gasteiger partial charge in [-0.2, -0.15) is 0 Å². The minimum absolute atomic E-state index is 0.642. The van der Waals surface area contributed by atoms with Gasteiger partial charge in [-0.1, -0.05) is 11.6 Å². The lowest BCUT2D eigenvalue weighted by Crippen LogP contribution is -2.12. The summed E-state index contributed by atoms with van der Waals surface area (Å²) in [6, 6.07) is 2.06. The second-order valence-corrected chi connectivity index (χ2v) is 4.66. The Balaban J connectivity index is 2.54. The largest absolute Gasteiger partial charge is 0.495 e. The minimum atomic E-state index is 0.642. The number of hydrogen-bond donors (Lipinski definition) is 1. The van der Waals surface area contributed by atoms with Crippen molar-refractivity contribution < 1.29 is 4.74 Å². The number of nitrogens with two attached hydrogens (primary N) is 1. The molecule has 0 fully saturated rings. The highest BCUT2D eigenvalue weighted by molar-refractivity contribution is 6.32. The molecule has 0 atom stereocenters. The van der Waals surface area contributed by atoms with E-state index in [0.717, 1.165) is 30.0 Å². The van der Waals surface area contributed by atoms with Crippen LogP contribution in [0.2, 0.25) is 5.02 Å². The predicted molar refractivity (Wildman–Crippen MR) is 67.4 cm³/mol. The molecule has 2 rings (SSSR count). The Morgan fingerprint density at radius 2 is 2.12 bits per heavy atom. The van der Waals surface area contributed by atoms with Crippen LogP contribution in [-0.2, 0) is 19.3 Å². The van der Waals surface area contributed by atoms with Crippen LogP contribution in [0.1, 0.15) is 29.5 Å². The lowest BCUT2D eigenvalue weighted by Gasteiger charge is -2.22. The number of halogens is 1. The summed E-state index contributed by atoms with van der Waals surface area (Å²) >= 11 is 6.24. The Hall–Kier alpha value is -0.730. The molecular formula is C13H18ClNO. The highest BCUT2D eigenvalue weighted by Crippen LogP contribution is 2.37. The number of ether oxygens (including phenoxy) is 1. The van der Waals surface area contributed by atoms with Crippen LogP contribution in [-0.4, -0.2) is 13.7 Å². The average Bonchev–Trinajstić information content (AvgIpc) is 2.29. The van der Waals surface area contributed by atoms with Gasteiger partial charge in [0.15, 0.2) is 0 Å². The third-order valence-corrected chi connectivity index (χ3v) is 3.55. The molecule has 0 unspecified atom stereocenters. The standard InChI is InChI=1S/C13H18ClNO/c1-16-13-11(6-7-15)10-5-3-2-4-9(10)8-12(13)14/h8H,2-7,15H2,1H3. The van der Waals surface area contributed by atoms with Crippen LogP contribution in [0.5, 0.6) is 5.75 Å². The number of benzene rings is 1. The molecular weight excluding hydrogens is 222 g/mol. The number of fused-ring (bicyclic) bond motifs is 1. The van der Waals surface area contributed by atoms with Crippen molar-refractivity contribution in [3.05, 3.63) is 27.8 Å². The molecule has 1 aliphatic rings. The molecule has 1 aromatic rings. The van der Waals surface area contributed by atoms with E-state index in [1.54, 1.807) is 7.11 Å². The molecule has 88 valence electrons. The molecule has 1 aromatic carbocycles. The summed E-state index contributed by atoms with van der Waals surface area (Å²) in [5, 5.41) is 0.728. The lowest BCUT2D eigenvalue weighted by molar-refractivity contribution is 0.408. The van der Waals surface area contributed by atoms with Crippen LogP contribution in [0.4, 0.5) is 0 Å². The number of methoxy groups -OCH3 is 1. The summed E-state index contributed by atoms with van der Waals surface area (Å²) in [5.74, 6) is 0.827. The zero-order valence-electron chi connectivity index (χ0n) is 9.68. The van der Waals surface area contributed by atoms with Gasteiger partial charge in [0, 0.05) is 5.56 Å². The maximum atomic E-state index is 6.24. The predicted octanol–water partition coefficient (Wildman–Crippen LogP) is 2.73. The number of hydrogen-bond acceptors (Lipinski definition) is 2. The zero-order chi connectivity index (χ0) is 11.5. The molecule has 0 amide bonds. The molecule has 0 saturated carbocycles. The van der Waals surface area contributed by atoms with Gasteiger partial charge in [-0.15, -0.1) is 0 Å². The van der Waals surface area contributed by atoms with Crippen molar-refractivity contribution in [3.63, 3.8) is 0 Å². The van der Waals surface area contributed by atoms with Crippen LogP contribution in [0.3, 0.4) is 0 Å². The molecule has 0 aliphatic heterocycles. The van der Waals surface area contributed by atoms with E-state index in [4.69, 9.17) is 22.1 Å². The molecule has 0 spiro atoms. The summed E-state index contributed by atoms with van der Waals surface area (Å²) < 4.78 is 5.41. The van der Waals surface area contributed by atoms with Gasteiger partial charge in [0.05, 0.1) is 12.1 Å². The maximum Gasteiger partial charge on any atom is 0.140 e. The van der Waals surface area contributed by atoms with Crippen LogP contribution < -0.4 is 10.5 Å². The first-order chi connectivity index (χ1) is 7.77. The number of rotatable bonds is 3. The van der Waals surface area contributed by atoms with Gasteiger partial charge in [0.2, 0.25) is 0 Å². The second kappa shape index (κ2) is 5.07. The fourth-order valence-corrected chi connectivity index (χ4v) is 2.88. The molecule has 2 N–H and O–H groups in total. The molecule has 0 heterocycles. The first-order valence-electron chi connectivity index (χ1n) is 5.85. The summed E-state index contributed by atoms with van der Waals surface area (Å²) in [7, 11) is 1.68. The highest BCUT2D eigenvalue weighted by Gasteiger charge is 2.19. The van der Waals surface area contributed by atoms with E-state index < -0.39 is 0 Å². The Kier molecular flexibility index (Phi) is 3.72. The molecule has 3 heteroatoms. The van der Waals surface area contributed by atoms with E-state index in [9.17, 15) is 0 Å². The van der Waals surface area contributed by atoms with Crippen molar-refractivity contribution in [1.29, 1.82) is 0 Å². The van der Waals surface area contributed by atoms with Crippen molar-refractivity contribution in [2.24, 2.45) is 5.73 Å². The Morgan fingerprint density at radius 3 is 2.81 bits per heavy atom. The van der Waals surface area contributed by atoms with Gasteiger partial charge in [-0.25, -0.2) is 0 Å². The first kappa shape index (κ1) is 11.7. The normalized spacial score (nSPS) is 14.7. The first-order valence-corrected chi connectivity index (χ1v) is 6.23. The van der Waals surface area contributed by atoms with Crippen molar-refractivity contribution in [2.45, 2.75) is 32.1 Å². The van der Waals surface area contributed by atoms with Gasteiger partial charge in [-0.3, -0.25) is 0 Å². The molecule has 0 bridgehead atoms. The van der Waals surface area contributed by atoms with E-state index in [1.807, 2.05) is 0 Å². The van der Waals surface area contributed by atoms with Crippen molar-refractivity contribution in [2.75, 3.05) is 13.7 Å². The quantitative estimate of drug-likeness (QED) is 0.880. The van der Waals surface area contributed by atoms with Gasteiger partial charge in [0.25, 0.3) is 0 Å². The monoisotopic (exact) mass is 239 g/mol. The van der Waals surface area contributed by atoms with Gasteiger partial charge >= 0.3 is 0 Å². The van der Waals surface area contributed by atoms with Crippen LogP contribution >= 0.6 is 11.6 Å². The smallest absolute Gasteiger partial charge is 0.140 e. The fraction of sp³-hybridized carbons (Fsp3) is 0.538. The Bertz CT molecular complexity index is 390.